The molecule has 0 radical (unpaired) electrons. The van der Waals surface area contributed by atoms with Crippen molar-refractivity contribution < 1.29 is 22.7 Å². The van der Waals surface area contributed by atoms with Gasteiger partial charge in [0.15, 0.2) is 0 Å². The van der Waals surface area contributed by atoms with Gasteiger partial charge in [-0.3, -0.25) is 4.79 Å². The number of anilines is 1. The lowest BCUT2D eigenvalue weighted by atomic mass is 10.1. The molecular weight excluding hydrogens is 354 g/mol. The van der Waals surface area contributed by atoms with Crippen LogP contribution in [0.15, 0.2) is 24.3 Å². The molecule has 24 heavy (non-hydrogen) atoms. The number of nitrogens with zero attached hydrogens (tertiary/aromatic N) is 1. The maximum atomic E-state index is 12.2. The predicted octanol–water partition coefficient (Wildman–Crippen LogP) is 2.56. The van der Waals surface area contributed by atoms with Crippen molar-refractivity contribution in [3.8, 4) is 0 Å². The zero-order valence-electron chi connectivity index (χ0n) is 13.8. The summed E-state index contributed by atoms with van der Waals surface area (Å²) in [5, 5.41) is 0. The van der Waals surface area contributed by atoms with Gasteiger partial charge in [-0.1, -0.05) is 6.07 Å². The molecule has 0 aliphatic carbocycles. The van der Waals surface area contributed by atoms with E-state index in [0.717, 1.165) is 0 Å². The Kier molecular flexibility index (Phi) is 5.25. The number of ether oxygens (including phenoxy) is 1. The molecule has 1 amide bonds. The number of benzene rings is 1. The van der Waals surface area contributed by atoms with Crippen LogP contribution in [-0.2, 0) is 18.6 Å². The number of rotatable bonds is 4. The van der Waals surface area contributed by atoms with Gasteiger partial charge in [-0.2, -0.15) is 0 Å². The van der Waals surface area contributed by atoms with E-state index in [2.05, 4.69) is 0 Å². The van der Waals surface area contributed by atoms with Gasteiger partial charge in [0, 0.05) is 35.3 Å². The molecule has 1 fully saturated rings. The minimum atomic E-state index is -3.66. The number of hydrogen-bond donors (Lipinski definition) is 0. The van der Waals surface area contributed by atoms with Crippen molar-refractivity contribution in [2.75, 3.05) is 17.2 Å². The number of amides is 1. The lowest BCUT2D eigenvalue weighted by Crippen LogP contribution is -2.26. The first-order valence-electron chi connectivity index (χ1n) is 7.51. The van der Waals surface area contributed by atoms with Gasteiger partial charge in [0.05, 0.1) is 11.3 Å². The van der Waals surface area contributed by atoms with Crippen LogP contribution in [0.3, 0.4) is 0 Å². The van der Waals surface area contributed by atoms with Crippen LogP contribution >= 0.6 is 10.7 Å². The van der Waals surface area contributed by atoms with Crippen molar-refractivity contribution in [2.45, 2.75) is 32.8 Å². The van der Waals surface area contributed by atoms with E-state index in [-0.39, 0.29) is 30.5 Å². The van der Waals surface area contributed by atoms with E-state index >= 15 is 0 Å². The van der Waals surface area contributed by atoms with E-state index in [1.165, 1.54) is 4.90 Å². The summed E-state index contributed by atoms with van der Waals surface area (Å²) in [4.78, 5) is 25.8. The van der Waals surface area contributed by atoms with Gasteiger partial charge in [0.25, 0.3) is 0 Å². The fourth-order valence-electron chi connectivity index (χ4n) is 2.56. The zero-order valence-corrected chi connectivity index (χ0v) is 15.4. The van der Waals surface area contributed by atoms with Gasteiger partial charge in [0.1, 0.15) is 5.60 Å². The molecule has 1 aromatic carbocycles. The Labute approximate surface area is 146 Å². The third-order valence-corrected chi connectivity index (χ3v) is 4.68. The summed E-state index contributed by atoms with van der Waals surface area (Å²) in [6.45, 7) is 5.57. The van der Waals surface area contributed by atoms with Crippen molar-refractivity contribution in [2.24, 2.45) is 5.92 Å². The van der Waals surface area contributed by atoms with E-state index in [1.807, 2.05) is 0 Å². The molecule has 0 aromatic heterocycles. The fourth-order valence-corrected chi connectivity index (χ4v) is 3.88. The Morgan fingerprint density at radius 3 is 2.62 bits per heavy atom. The number of hydrogen-bond acceptors (Lipinski definition) is 5. The summed E-state index contributed by atoms with van der Waals surface area (Å²) < 4.78 is 27.7. The minimum absolute atomic E-state index is 0.114. The Morgan fingerprint density at radius 2 is 2.04 bits per heavy atom. The molecule has 2 rings (SSSR count). The largest absolute Gasteiger partial charge is 0.456 e. The summed E-state index contributed by atoms with van der Waals surface area (Å²) in [5.41, 5.74) is 0.262. The van der Waals surface area contributed by atoms with Crippen LogP contribution in [0.5, 0.6) is 0 Å². The zero-order chi connectivity index (χ0) is 18.1. The summed E-state index contributed by atoms with van der Waals surface area (Å²) in [7, 11) is 1.60. The van der Waals surface area contributed by atoms with Crippen LogP contribution < -0.4 is 4.90 Å². The SMILES string of the molecule is CC(C)(C)OC(=O)c1cccc(N2CC(CS(=O)(=O)Cl)CC2=O)c1. The van der Waals surface area contributed by atoms with E-state index in [1.54, 1.807) is 45.0 Å². The molecule has 0 spiro atoms. The standard InChI is InChI=1S/C16H20ClNO5S/c1-16(2,3)23-15(20)12-5-4-6-13(8-12)18-9-11(7-14(18)19)10-24(17,21)22/h4-6,8,11H,7,9-10H2,1-3H3. The van der Waals surface area contributed by atoms with Crippen LogP contribution in [0.1, 0.15) is 37.6 Å². The van der Waals surface area contributed by atoms with Gasteiger partial charge in [-0.05, 0) is 39.0 Å². The molecule has 0 bridgehead atoms. The summed E-state index contributed by atoms with van der Waals surface area (Å²) in [5.74, 6) is -1.27. The maximum Gasteiger partial charge on any atom is 0.338 e. The molecule has 1 aromatic rings. The van der Waals surface area contributed by atoms with Crippen LogP contribution in [0.25, 0.3) is 0 Å². The number of halogens is 1. The molecule has 132 valence electrons. The molecule has 1 aliphatic rings. The van der Waals surface area contributed by atoms with Gasteiger partial charge in [-0.15, -0.1) is 0 Å². The monoisotopic (exact) mass is 373 g/mol. The lowest BCUT2D eigenvalue weighted by Gasteiger charge is -2.21. The lowest BCUT2D eigenvalue weighted by molar-refractivity contribution is -0.117. The first kappa shape index (κ1) is 18.7. The Morgan fingerprint density at radius 1 is 1.38 bits per heavy atom. The van der Waals surface area contributed by atoms with Gasteiger partial charge in [0.2, 0.25) is 15.0 Å². The van der Waals surface area contributed by atoms with Crippen LogP contribution in [0.2, 0.25) is 0 Å². The van der Waals surface area contributed by atoms with E-state index in [4.69, 9.17) is 15.4 Å². The molecule has 1 unspecified atom stereocenters. The second-order valence-corrected chi connectivity index (χ2v) is 9.65. The van der Waals surface area contributed by atoms with Crippen LogP contribution in [-0.4, -0.2) is 38.2 Å². The molecule has 1 saturated heterocycles. The number of esters is 1. The quantitative estimate of drug-likeness (QED) is 0.598. The number of carbonyl (C=O) groups excluding carboxylic acids is 2. The molecular formula is C16H20ClNO5S. The highest BCUT2D eigenvalue weighted by molar-refractivity contribution is 8.13. The summed E-state index contributed by atoms with van der Waals surface area (Å²) >= 11 is 0. The van der Waals surface area contributed by atoms with Crippen LogP contribution in [0.4, 0.5) is 5.69 Å². The van der Waals surface area contributed by atoms with Gasteiger partial charge in [-0.25, -0.2) is 13.2 Å². The summed E-state index contributed by atoms with van der Waals surface area (Å²) in [6, 6.07) is 6.54. The molecule has 1 atom stereocenters. The van der Waals surface area contributed by atoms with E-state index < -0.39 is 20.6 Å². The highest BCUT2D eigenvalue weighted by atomic mass is 35.7. The Balaban J connectivity index is 2.17. The Bertz CT molecular complexity index is 754. The summed E-state index contributed by atoms with van der Waals surface area (Å²) in [6.07, 6.45) is 0.114. The average Bonchev–Trinajstić information content (AvgIpc) is 2.75. The van der Waals surface area contributed by atoms with Gasteiger partial charge < -0.3 is 9.64 Å². The second-order valence-electron chi connectivity index (χ2n) is 6.83. The molecule has 1 heterocycles. The molecule has 1 aliphatic heterocycles. The average molecular weight is 374 g/mol. The minimum Gasteiger partial charge on any atom is -0.456 e. The second kappa shape index (κ2) is 6.72. The molecule has 0 N–H and O–H groups in total. The third-order valence-electron chi connectivity index (χ3n) is 3.43. The van der Waals surface area contributed by atoms with Crippen molar-refractivity contribution in [1.29, 1.82) is 0 Å². The highest BCUT2D eigenvalue weighted by Crippen LogP contribution is 2.27. The van der Waals surface area contributed by atoms with Crippen LogP contribution in [0, 0.1) is 5.92 Å². The van der Waals surface area contributed by atoms with E-state index in [0.29, 0.717) is 11.3 Å². The topological polar surface area (TPSA) is 80.8 Å². The van der Waals surface area contributed by atoms with E-state index in [9.17, 15) is 18.0 Å². The van der Waals surface area contributed by atoms with Crippen molar-refractivity contribution in [3.63, 3.8) is 0 Å². The van der Waals surface area contributed by atoms with Crippen molar-refractivity contribution in [3.05, 3.63) is 29.8 Å². The predicted molar refractivity (Wildman–Crippen MR) is 91.7 cm³/mol. The first-order valence-corrected chi connectivity index (χ1v) is 9.98. The smallest absolute Gasteiger partial charge is 0.338 e. The molecule has 6 nitrogen and oxygen atoms in total. The van der Waals surface area contributed by atoms with Crippen molar-refractivity contribution >= 4 is 37.3 Å². The first-order chi connectivity index (χ1) is 10.9. The molecule has 8 heteroatoms. The van der Waals surface area contributed by atoms with Gasteiger partial charge >= 0.3 is 5.97 Å². The van der Waals surface area contributed by atoms with Crippen molar-refractivity contribution in [1.82, 2.24) is 0 Å². The number of carbonyl (C=O) groups is 2. The molecule has 0 saturated carbocycles. The maximum absolute atomic E-state index is 12.2. The Hall–Kier alpha value is -1.60. The highest BCUT2D eigenvalue weighted by Gasteiger charge is 2.33. The normalized spacial score (nSPS) is 18.8. The fraction of sp³-hybridized carbons (Fsp3) is 0.500. The third kappa shape index (κ3) is 5.21.